The largest absolute Gasteiger partial charge is 0.457 e. The van der Waals surface area contributed by atoms with E-state index in [1.54, 1.807) is 31.2 Å². The molecule has 0 heterocycles. The molecule has 0 bridgehead atoms. The van der Waals surface area contributed by atoms with Gasteiger partial charge in [-0.25, -0.2) is 0 Å². The molecule has 0 radical (unpaired) electrons. The highest BCUT2D eigenvalue weighted by Gasteiger charge is 2.14. The van der Waals surface area contributed by atoms with Gasteiger partial charge in [0.25, 0.3) is 0 Å². The summed E-state index contributed by atoms with van der Waals surface area (Å²) in [7, 11) is 0. The minimum atomic E-state index is -0.481. The van der Waals surface area contributed by atoms with Gasteiger partial charge in [0.2, 0.25) is 5.91 Å². The SMILES string of the molecule is CC(Nc1ccc(Oc2ccc(Br)cc2)cc1)C(=O)Nc1ccccc1C#N. The highest BCUT2D eigenvalue weighted by Crippen LogP contribution is 2.25. The van der Waals surface area contributed by atoms with Crippen molar-refractivity contribution in [3.63, 3.8) is 0 Å². The molecule has 0 fully saturated rings. The van der Waals surface area contributed by atoms with Crippen LogP contribution in [-0.2, 0) is 4.79 Å². The summed E-state index contributed by atoms with van der Waals surface area (Å²) in [6.45, 7) is 1.76. The van der Waals surface area contributed by atoms with Gasteiger partial charge in [0.15, 0.2) is 0 Å². The normalized spacial score (nSPS) is 11.2. The number of ether oxygens (including phenoxy) is 1. The number of nitrogens with one attached hydrogen (secondary N) is 2. The Morgan fingerprint density at radius 2 is 1.61 bits per heavy atom. The molecule has 28 heavy (non-hydrogen) atoms. The number of anilines is 2. The van der Waals surface area contributed by atoms with Crippen molar-refractivity contribution >= 4 is 33.2 Å². The number of para-hydroxylation sites is 1. The zero-order valence-corrected chi connectivity index (χ0v) is 16.7. The number of rotatable bonds is 6. The number of carbonyl (C=O) groups excluding carboxylic acids is 1. The number of hydrogen-bond acceptors (Lipinski definition) is 4. The van der Waals surface area contributed by atoms with Gasteiger partial charge in [-0.1, -0.05) is 28.1 Å². The van der Waals surface area contributed by atoms with Gasteiger partial charge in [0.1, 0.15) is 23.6 Å². The number of benzene rings is 3. The maximum Gasteiger partial charge on any atom is 0.246 e. The Labute approximate surface area is 172 Å². The van der Waals surface area contributed by atoms with Crippen LogP contribution in [0.3, 0.4) is 0 Å². The van der Waals surface area contributed by atoms with Crippen LogP contribution in [0.1, 0.15) is 12.5 Å². The Kier molecular flexibility index (Phi) is 6.30. The maximum absolute atomic E-state index is 12.4. The van der Waals surface area contributed by atoms with Crippen molar-refractivity contribution in [1.82, 2.24) is 0 Å². The van der Waals surface area contributed by atoms with Crippen LogP contribution in [0.15, 0.2) is 77.3 Å². The molecular formula is C22H18BrN3O2. The third kappa shape index (κ3) is 5.12. The second kappa shape index (κ2) is 9.07. The van der Waals surface area contributed by atoms with Gasteiger partial charge in [-0.05, 0) is 67.6 Å². The van der Waals surface area contributed by atoms with Crippen LogP contribution in [0.5, 0.6) is 11.5 Å². The predicted molar refractivity (Wildman–Crippen MR) is 114 cm³/mol. The van der Waals surface area contributed by atoms with Crippen molar-refractivity contribution in [3.05, 3.63) is 82.8 Å². The molecule has 0 saturated heterocycles. The van der Waals surface area contributed by atoms with E-state index in [9.17, 15) is 4.79 Å². The summed E-state index contributed by atoms with van der Waals surface area (Å²) < 4.78 is 6.78. The lowest BCUT2D eigenvalue weighted by molar-refractivity contribution is -0.116. The summed E-state index contributed by atoms with van der Waals surface area (Å²) in [5.41, 5.74) is 1.72. The molecule has 1 unspecified atom stereocenters. The Morgan fingerprint density at radius 1 is 1.00 bits per heavy atom. The van der Waals surface area contributed by atoms with E-state index in [0.717, 1.165) is 15.9 Å². The average Bonchev–Trinajstić information content (AvgIpc) is 2.71. The van der Waals surface area contributed by atoms with Gasteiger partial charge in [-0.15, -0.1) is 0 Å². The third-order valence-corrected chi connectivity index (χ3v) is 4.51. The summed E-state index contributed by atoms with van der Waals surface area (Å²) >= 11 is 3.39. The second-order valence-corrected chi connectivity index (χ2v) is 7.01. The molecule has 5 nitrogen and oxygen atoms in total. The molecule has 0 aromatic heterocycles. The summed E-state index contributed by atoms with van der Waals surface area (Å²) in [5.74, 6) is 1.22. The Balaban J connectivity index is 1.59. The molecule has 1 atom stereocenters. The number of nitrogens with zero attached hydrogens (tertiary/aromatic N) is 1. The minimum Gasteiger partial charge on any atom is -0.457 e. The molecule has 3 aromatic carbocycles. The first-order valence-corrected chi connectivity index (χ1v) is 9.44. The lowest BCUT2D eigenvalue weighted by Crippen LogP contribution is -2.32. The van der Waals surface area contributed by atoms with E-state index in [2.05, 4.69) is 32.6 Å². The first-order valence-electron chi connectivity index (χ1n) is 8.65. The summed E-state index contributed by atoms with van der Waals surface area (Å²) in [4.78, 5) is 12.4. The summed E-state index contributed by atoms with van der Waals surface area (Å²) in [6, 6.07) is 23.4. The lowest BCUT2D eigenvalue weighted by Gasteiger charge is -2.16. The van der Waals surface area contributed by atoms with Gasteiger partial charge < -0.3 is 15.4 Å². The van der Waals surface area contributed by atoms with E-state index in [1.165, 1.54) is 0 Å². The van der Waals surface area contributed by atoms with Crippen molar-refractivity contribution in [1.29, 1.82) is 5.26 Å². The molecule has 6 heteroatoms. The quantitative estimate of drug-likeness (QED) is 0.531. The van der Waals surface area contributed by atoms with Crippen molar-refractivity contribution in [2.75, 3.05) is 10.6 Å². The Bertz CT molecular complexity index is 996. The van der Waals surface area contributed by atoms with Crippen LogP contribution in [0.2, 0.25) is 0 Å². The van der Waals surface area contributed by atoms with Gasteiger partial charge in [0.05, 0.1) is 11.3 Å². The van der Waals surface area contributed by atoms with E-state index < -0.39 is 6.04 Å². The molecule has 0 aliphatic carbocycles. The van der Waals surface area contributed by atoms with Gasteiger partial charge in [0, 0.05) is 10.2 Å². The highest BCUT2D eigenvalue weighted by atomic mass is 79.9. The number of hydrogen-bond donors (Lipinski definition) is 2. The fourth-order valence-corrected chi connectivity index (χ4v) is 2.77. The third-order valence-electron chi connectivity index (χ3n) is 3.99. The molecule has 140 valence electrons. The predicted octanol–water partition coefficient (Wildman–Crippen LogP) is 5.55. The van der Waals surface area contributed by atoms with E-state index in [1.807, 2.05) is 48.5 Å². The number of nitriles is 1. The topological polar surface area (TPSA) is 74.2 Å². The van der Waals surface area contributed by atoms with Gasteiger partial charge in [-0.3, -0.25) is 4.79 Å². The van der Waals surface area contributed by atoms with Crippen molar-refractivity contribution in [3.8, 4) is 17.6 Å². The number of halogens is 1. The van der Waals surface area contributed by atoms with Crippen LogP contribution < -0.4 is 15.4 Å². The van der Waals surface area contributed by atoms with Crippen LogP contribution in [0, 0.1) is 11.3 Å². The molecule has 3 rings (SSSR count). The van der Waals surface area contributed by atoms with E-state index in [-0.39, 0.29) is 5.91 Å². The van der Waals surface area contributed by atoms with Crippen molar-refractivity contribution in [2.24, 2.45) is 0 Å². The Morgan fingerprint density at radius 3 is 2.25 bits per heavy atom. The zero-order valence-electron chi connectivity index (χ0n) is 15.1. The van der Waals surface area contributed by atoms with Gasteiger partial charge >= 0.3 is 0 Å². The van der Waals surface area contributed by atoms with E-state index >= 15 is 0 Å². The van der Waals surface area contributed by atoms with E-state index in [4.69, 9.17) is 10.00 Å². The van der Waals surface area contributed by atoms with E-state index in [0.29, 0.717) is 17.0 Å². The standard InChI is InChI=1S/C22H18BrN3O2/c1-15(22(27)26-21-5-3-2-4-16(21)14-24)25-18-8-12-20(13-9-18)28-19-10-6-17(23)7-11-19/h2-13,15,25H,1H3,(H,26,27). The van der Waals surface area contributed by atoms with Crippen molar-refractivity contribution in [2.45, 2.75) is 13.0 Å². The maximum atomic E-state index is 12.4. The first kappa shape index (κ1) is 19.5. The van der Waals surface area contributed by atoms with Crippen molar-refractivity contribution < 1.29 is 9.53 Å². The summed E-state index contributed by atoms with van der Waals surface area (Å²) in [6.07, 6.45) is 0. The number of amides is 1. The van der Waals surface area contributed by atoms with Crippen LogP contribution >= 0.6 is 15.9 Å². The Hall–Kier alpha value is -3.30. The average molecular weight is 436 g/mol. The summed E-state index contributed by atoms with van der Waals surface area (Å²) in [5, 5.41) is 15.0. The first-order chi connectivity index (χ1) is 13.5. The molecular weight excluding hydrogens is 418 g/mol. The highest BCUT2D eigenvalue weighted by molar-refractivity contribution is 9.10. The molecule has 0 aliphatic rings. The van der Waals surface area contributed by atoms with Crippen LogP contribution in [-0.4, -0.2) is 11.9 Å². The lowest BCUT2D eigenvalue weighted by atomic mass is 10.2. The van der Waals surface area contributed by atoms with Crippen LogP contribution in [0.4, 0.5) is 11.4 Å². The molecule has 3 aromatic rings. The minimum absolute atomic E-state index is 0.224. The number of carbonyl (C=O) groups is 1. The molecule has 0 spiro atoms. The van der Waals surface area contributed by atoms with Gasteiger partial charge in [-0.2, -0.15) is 5.26 Å². The fourth-order valence-electron chi connectivity index (χ4n) is 2.50. The molecule has 0 saturated carbocycles. The second-order valence-electron chi connectivity index (χ2n) is 6.09. The molecule has 0 aliphatic heterocycles. The zero-order chi connectivity index (χ0) is 19.9. The monoisotopic (exact) mass is 435 g/mol. The van der Waals surface area contributed by atoms with Crippen LogP contribution in [0.25, 0.3) is 0 Å². The molecule has 1 amide bonds. The smallest absolute Gasteiger partial charge is 0.246 e. The fraction of sp³-hybridized carbons (Fsp3) is 0.0909. The molecule has 2 N–H and O–H groups in total.